The molecule has 0 atom stereocenters. The molecule has 152 valence electrons. The van der Waals surface area contributed by atoms with E-state index in [1.807, 2.05) is 12.1 Å². The Morgan fingerprint density at radius 3 is 2.31 bits per heavy atom. The summed E-state index contributed by atoms with van der Waals surface area (Å²) < 4.78 is 15.7. The highest BCUT2D eigenvalue weighted by Crippen LogP contribution is 2.33. The fourth-order valence-corrected chi connectivity index (χ4v) is 3.29. The molecule has 8 nitrogen and oxygen atoms in total. The number of amides is 1. The first-order valence-corrected chi connectivity index (χ1v) is 9.00. The van der Waals surface area contributed by atoms with Crippen LogP contribution in [0.15, 0.2) is 36.4 Å². The molecule has 0 saturated carbocycles. The molecule has 2 aromatic rings. The lowest BCUT2D eigenvalue weighted by atomic mass is 9.98. The van der Waals surface area contributed by atoms with Crippen molar-refractivity contribution in [1.82, 2.24) is 4.90 Å². The summed E-state index contributed by atoms with van der Waals surface area (Å²) in [6, 6.07) is 8.32. The van der Waals surface area contributed by atoms with Crippen molar-refractivity contribution in [2.45, 2.75) is 13.0 Å². The van der Waals surface area contributed by atoms with Crippen molar-refractivity contribution >= 4 is 17.7 Å². The minimum Gasteiger partial charge on any atom is -0.493 e. The highest BCUT2D eigenvalue weighted by atomic mass is 16.6. The molecule has 0 unspecified atom stereocenters. The molecular weight excluding hydrogens is 376 g/mol. The maximum atomic E-state index is 12.6. The second kappa shape index (κ2) is 8.64. The second-order valence-electron chi connectivity index (χ2n) is 6.51. The molecule has 8 heteroatoms. The molecule has 0 aliphatic carbocycles. The van der Waals surface area contributed by atoms with Crippen LogP contribution in [0.3, 0.4) is 0 Å². The first-order valence-electron chi connectivity index (χ1n) is 9.00. The van der Waals surface area contributed by atoms with Crippen molar-refractivity contribution in [1.29, 1.82) is 0 Å². The Bertz CT molecular complexity index is 970. The Kier molecular flexibility index (Phi) is 6.01. The number of carbonyl (C=O) groups is 1. The van der Waals surface area contributed by atoms with Gasteiger partial charge in [0.05, 0.1) is 26.3 Å². The number of hydrogen-bond donors (Lipinski definition) is 0. The summed E-state index contributed by atoms with van der Waals surface area (Å²) >= 11 is 0. The molecule has 0 N–H and O–H groups in total. The van der Waals surface area contributed by atoms with Gasteiger partial charge in [-0.15, -0.1) is 0 Å². The second-order valence-corrected chi connectivity index (χ2v) is 6.51. The van der Waals surface area contributed by atoms with E-state index in [2.05, 4.69) is 0 Å². The van der Waals surface area contributed by atoms with E-state index in [1.54, 1.807) is 31.3 Å². The molecule has 0 fully saturated rings. The molecule has 1 amide bonds. The van der Waals surface area contributed by atoms with Crippen molar-refractivity contribution in [2.75, 3.05) is 27.9 Å². The monoisotopic (exact) mass is 398 g/mol. The van der Waals surface area contributed by atoms with Crippen molar-refractivity contribution in [3.8, 4) is 17.2 Å². The Hall–Kier alpha value is -3.55. The molecular formula is C21H22N2O6. The fraction of sp³-hybridized carbons (Fsp3) is 0.286. The normalized spacial score (nSPS) is 13.1. The van der Waals surface area contributed by atoms with E-state index in [0.717, 1.165) is 17.5 Å². The summed E-state index contributed by atoms with van der Waals surface area (Å²) in [4.78, 5) is 24.8. The summed E-state index contributed by atoms with van der Waals surface area (Å²) in [5.41, 5.74) is 2.68. The number of nitro benzene ring substituents is 1. The number of methoxy groups -OCH3 is 3. The van der Waals surface area contributed by atoms with Crippen molar-refractivity contribution in [3.63, 3.8) is 0 Å². The number of benzene rings is 2. The van der Waals surface area contributed by atoms with Gasteiger partial charge in [-0.3, -0.25) is 14.9 Å². The molecule has 1 heterocycles. The Balaban J connectivity index is 1.75. The smallest absolute Gasteiger partial charge is 0.310 e. The third-order valence-corrected chi connectivity index (χ3v) is 4.85. The third kappa shape index (κ3) is 4.31. The van der Waals surface area contributed by atoms with Gasteiger partial charge in [0, 0.05) is 25.2 Å². The van der Waals surface area contributed by atoms with Gasteiger partial charge in [-0.2, -0.15) is 0 Å². The third-order valence-electron chi connectivity index (χ3n) is 4.85. The highest BCUT2D eigenvalue weighted by Gasteiger charge is 2.22. The maximum Gasteiger partial charge on any atom is 0.310 e. The summed E-state index contributed by atoms with van der Waals surface area (Å²) in [7, 11) is 4.55. The van der Waals surface area contributed by atoms with Crippen LogP contribution >= 0.6 is 0 Å². The molecule has 2 aromatic carbocycles. The van der Waals surface area contributed by atoms with Crippen LogP contribution in [-0.2, 0) is 17.8 Å². The first-order chi connectivity index (χ1) is 14.0. The van der Waals surface area contributed by atoms with E-state index in [-0.39, 0.29) is 17.3 Å². The molecule has 0 bridgehead atoms. The summed E-state index contributed by atoms with van der Waals surface area (Å²) in [5.74, 6) is 1.33. The van der Waals surface area contributed by atoms with Crippen LogP contribution in [0, 0.1) is 10.1 Å². The van der Waals surface area contributed by atoms with Crippen LogP contribution in [0.25, 0.3) is 6.08 Å². The van der Waals surface area contributed by atoms with Gasteiger partial charge in [-0.1, -0.05) is 0 Å². The summed E-state index contributed by atoms with van der Waals surface area (Å²) in [5, 5.41) is 11.0. The van der Waals surface area contributed by atoms with E-state index in [4.69, 9.17) is 14.2 Å². The zero-order chi connectivity index (χ0) is 21.0. The Morgan fingerprint density at radius 2 is 1.69 bits per heavy atom. The molecule has 3 rings (SSSR count). The lowest BCUT2D eigenvalue weighted by Gasteiger charge is -2.28. The van der Waals surface area contributed by atoms with Crippen LogP contribution in [0.4, 0.5) is 5.69 Å². The van der Waals surface area contributed by atoms with Crippen molar-refractivity contribution < 1.29 is 23.9 Å². The maximum absolute atomic E-state index is 12.6. The Labute approximate surface area is 168 Å². The minimum absolute atomic E-state index is 0.118. The van der Waals surface area contributed by atoms with Gasteiger partial charge in [0.1, 0.15) is 0 Å². The van der Waals surface area contributed by atoms with Gasteiger partial charge in [0.15, 0.2) is 17.2 Å². The van der Waals surface area contributed by atoms with E-state index in [9.17, 15) is 14.9 Å². The molecule has 0 saturated heterocycles. The van der Waals surface area contributed by atoms with E-state index >= 15 is 0 Å². The van der Waals surface area contributed by atoms with Crippen LogP contribution in [0.5, 0.6) is 17.2 Å². The van der Waals surface area contributed by atoms with E-state index < -0.39 is 4.92 Å². The lowest BCUT2D eigenvalue weighted by Crippen LogP contribution is -2.34. The number of ether oxygens (including phenoxy) is 3. The zero-order valence-corrected chi connectivity index (χ0v) is 16.5. The van der Waals surface area contributed by atoms with E-state index in [1.165, 1.54) is 25.3 Å². The number of fused-ring (bicyclic) bond motifs is 1. The number of hydrogen-bond acceptors (Lipinski definition) is 6. The van der Waals surface area contributed by atoms with Gasteiger partial charge in [0.2, 0.25) is 5.91 Å². The van der Waals surface area contributed by atoms with Crippen LogP contribution in [-0.4, -0.2) is 43.6 Å². The fourth-order valence-electron chi connectivity index (χ4n) is 3.29. The molecule has 1 aliphatic heterocycles. The Morgan fingerprint density at radius 1 is 1.03 bits per heavy atom. The van der Waals surface area contributed by atoms with Gasteiger partial charge in [-0.25, -0.2) is 0 Å². The predicted molar refractivity (Wildman–Crippen MR) is 107 cm³/mol. The van der Waals surface area contributed by atoms with Gasteiger partial charge in [-0.05, 0) is 53.5 Å². The SMILES string of the molecule is COc1cc2c(cc1OC)CN(C(=O)C=Cc1ccc([N+](=O)[O-])c(OC)c1)CC2. The highest BCUT2D eigenvalue weighted by molar-refractivity contribution is 5.92. The largest absolute Gasteiger partial charge is 0.493 e. The summed E-state index contributed by atoms with van der Waals surface area (Å²) in [6.45, 7) is 1.07. The van der Waals surface area contributed by atoms with Gasteiger partial charge in [0.25, 0.3) is 0 Å². The van der Waals surface area contributed by atoms with Crippen LogP contribution < -0.4 is 14.2 Å². The molecule has 0 aromatic heterocycles. The van der Waals surface area contributed by atoms with E-state index in [0.29, 0.717) is 30.2 Å². The molecule has 0 spiro atoms. The first kappa shape index (κ1) is 20.2. The number of nitrogens with zero attached hydrogens (tertiary/aromatic N) is 2. The number of carbonyl (C=O) groups excluding carboxylic acids is 1. The molecule has 0 radical (unpaired) electrons. The van der Waals surface area contributed by atoms with Gasteiger partial charge < -0.3 is 19.1 Å². The lowest BCUT2D eigenvalue weighted by molar-refractivity contribution is -0.385. The topological polar surface area (TPSA) is 91.1 Å². The van der Waals surface area contributed by atoms with Crippen LogP contribution in [0.1, 0.15) is 16.7 Å². The number of rotatable bonds is 6. The quantitative estimate of drug-likeness (QED) is 0.422. The van der Waals surface area contributed by atoms with Crippen LogP contribution in [0.2, 0.25) is 0 Å². The average Bonchev–Trinajstić information content (AvgIpc) is 2.75. The standard InChI is InChI=1S/C21H22N2O6/c1-27-18-10-14(4-6-17(18)23(25)26)5-7-21(24)22-9-8-15-11-19(28-2)20(29-3)12-16(15)13-22/h4-7,10-12H,8-9,13H2,1-3H3. The molecule has 1 aliphatic rings. The van der Waals surface area contributed by atoms with Gasteiger partial charge >= 0.3 is 5.69 Å². The minimum atomic E-state index is -0.508. The summed E-state index contributed by atoms with van der Waals surface area (Å²) in [6.07, 6.45) is 3.81. The molecule has 29 heavy (non-hydrogen) atoms. The number of nitro groups is 1. The van der Waals surface area contributed by atoms with Crippen molar-refractivity contribution in [3.05, 3.63) is 63.2 Å². The predicted octanol–water partition coefficient (Wildman–Crippen LogP) is 3.22. The average molecular weight is 398 g/mol. The zero-order valence-electron chi connectivity index (χ0n) is 16.5. The van der Waals surface area contributed by atoms with Crippen molar-refractivity contribution in [2.24, 2.45) is 0 Å².